The van der Waals surface area contributed by atoms with Gasteiger partial charge in [0, 0.05) is 13.6 Å². The molecule has 0 heterocycles. The van der Waals surface area contributed by atoms with Crippen molar-refractivity contribution in [3.8, 4) is 5.75 Å². The van der Waals surface area contributed by atoms with Crippen molar-refractivity contribution in [2.45, 2.75) is 39.0 Å². The molecule has 0 saturated carbocycles. The topological polar surface area (TPSA) is 58.6 Å². The molecule has 0 atom stereocenters. The maximum Gasteiger partial charge on any atom is 0.321 e. The van der Waals surface area contributed by atoms with Gasteiger partial charge in [0.2, 0.25) is 0 Å². The highest BCUT2D eigenvalue weighted by Gasteiger charge is 2.14. The fourth-order valence-corrected chi connectivity index (χ4v) is 2.04. The van der Waals surface area contributed by atoms with Gasteiger partial charge in [-0.05, 0) is 18.6 Å². The van der Waals surface area contributed by atoms with E-state index in [9.17, 15) is 9.59 Å². The first-order valence-electron chi connectivity index (χ1n) is 7.41. The number of nitrogens with one attached hydrogen (secondary N) is 1. The first kappa shape index (κ1) is 17.0. The van der Waals surface area contributed by atoms with Gasteiger partial charge in [0.05, 0.1) is 5.69 Å². The number of carbonyl (C=O) groups is 2. The molecule has 1 N–H and O–H groups in total. The van der Waals surface area contributed by atoms with Crippen LogP contribution in [0.4, 0.5) is 10.5 Å². The molecule has 0 fully saturated rings. The number of anilines is 1. The summed E-state index contributed by atoms with van der Waals surface area (Å²) in [5, 5.41) is 2.87. The second-order valence-corrected chi connectivity index (χ2v) is 4.89. The van der Waals surface area contributed by atoms with Crippen molar-refractivity contribution in [3.05, 3.63) is 24.3 Å². The van der Waals surface area contributed by atoms with Crippen LogP contribution in [0, 0.1) is 0 Å². The number of hydrogen-bond acceptors (Lipinski definition) is 3. The second-order valence-electron chi connectivity index (χ2n) is 4.89. The average Bonchev–Trinajstić information content (AvgIpc) is 2.50. The quantitative estimate of drug-likeness (QED) is 0.561. The van der Waals surface area contributed by atoms with Crippen molar-refractivity contribution in [1.82, 2.24) is 5.32 Å². The van der Waals surface area contributed by atoms with Crippen LogP contribution in [0.3, 0.4) is 0 Å². The molecular formula is C16H24N2O3. The molecule has 0 unspecified atom stereocenters. The number of nitrogens with zero attached hydrogens (tertiary/aromatic N) is 1. The van der Waals surface area contributed by atoms with Crippen molar-refractivity contribution in [2.24, 2.45) is 0 Å². The maximum atomic E-state index is 12.1. The summed E-state index contributed by atoms with van der Waals surface area (Å²) >= 11 is 0. The lowest BCUT2D eigenvalue weighted by Crippen LogP contribution is -2.37. The van der Waals surface area contributed by atoms with Gasteiger partial charge in [0.25, 0.3) is 6.47 Å². The zero-order valence-corrected chi connectivity index (χ0v) is 12.8. The third-order valence-electron chi connectivity index (χ3n) is 3.26. The Morgan fingerprint density at radius 2 is 1.95 bits per heavy atom. The number of para-hydroxylation sites is 2. The zero-order valence-electron chi connectivity index (χ0n) is 12.8. The Balaban J connectivity index is 2.45. The molecule has 0 aromatic heterocycles. The van der Waals surface area contributed by atoms with Crippen LogP contribution in [0.1, 0.15) is 39.0 Å². The molecule has 1 aromatic carbocycles. The normalized spacial score (nSPS) is 10.0. The van der Waals surface area contributed by atoms with Crippen LogP contribution >= 0.6 is 0 Å². The Labute approximate surface area is 126 Å². The van der Waals surface area contributed by atoms with Crippen LogP contribution in [0.15, 0.2) is 24.3 Å². The predicted octanol–water partition coefficient (Wildman–Crippen LogP) is 3.34. The van der Waals surface area contributed by atoms with Gasteiger partial charge < -0.3 is 10.1 Å². The minimum atomic E-state index is -0.201. The molecule has 0 aliphatic carbocycles. The Kier molecular flexibility index (Phi) is 7.94. The van der Waals surface area contributed by atoms with Gasteiger partial charge >= 0.3 is 6.03 Å². The van der Waals surface area contributed by atoms with E-state index < -0.39 is 0 Å². The number of rotatable bonds is 9. The molecule has 0 radical (unpaired) electrons. The van der Waals surface area contributed by atoms with E-state index in [1.165, 1.54) is 24.2 Å². The van der Waals surface area contributed by atoms with Gasteiger partial charge in [0.15, 0.2) is 5.75 Å². The number of carbonyl (C=O) groups excluding carboxylic acids is 2. The third kappa shape index (κ3) is 5.85. The number of ether oxygens (including phenoxy) is 1. The van der Waals surface area contributed by atoms with Crippen LogP contribution in [-0.2, 0) is 4.79 Å². The van der Waals surface area contributed by atoms with Gasteiger partial charge in [-0.3, -0.25) is 9.69 Å². The fraction of sp³-hybridized carbons (Fsp3) is 0.500. The van der Waals surface area contributed by atoms with Gasteiger partial charge in [-0.2, -0.15) is 0 Å². The Bertz CT molecular complexity index is 449. The largest absolute Gasteiger partial charge is 0.427 e. The summed E-state index contributed by atoms with van der Waals surface area (Å²) in [5.41, 5.74) is 0.563. The number of amides is 2. The Morgan fingerprint density at radius 3 is 2.67 bits per heavy atom. The molecule has 5 heteroatoms. The lowest BCUT2D eigenvalue weighted by atomic mass is 10.1. The highest BCUT2D eigenvalue weighted by atomic mass is 16.5. The summed E-state index contributed by atoms with van der Waals surface area (Å²) in [5.74, 6) is 0.369. The van der Waals surface area contributed by atoms with Gasteiger partial charge in [-0.15, -0.1) is 0 Å². The standard InChI is InChI=1S/C16H24N2O3/c1-3-4-5-6-9-12-17-16(20)18(2)14-10-7-8-11-15(14)21-13-19/h7-8,10-11,13H,3-6,9,12H2,1-2H3,(H,17,20). The van der Waals surface area contributed by atoms with Crippen LogP contribution in [-0.4, -0.2) is 26.1 Å². The van der Waals surface area contributed by atoms with E-state index >= 15 is 0 Å². The highest BCUT2D eigenvalue weighted by Crippen LogP contribution is 2.26. The molecule has 21 heavy (non-hydrogen) atoms. The summed E-state index contributed by atoms with van der Waals surface area (Å²) in [7, 11) is 1.65. The van der Waals surface area contributed by atoms with Gasteiger partial charge in [0.1, 0.15) is 0 Å². The van der Waals surface area contributed by atoms with E-state index in [0.717, 1.165) is 12.8 Å². The van der Waals surface area contributed by atoms with Gasteiger partial charge in [-0.25, -0.2) is 4.79 Å². The molecule has 0 bridgehead atoms. The Hall–Kier alpha value is -2.04. The first-order valence-corrected chi connectivity index (χ1v) is 7.41. The zero-order chi connectivity index (χ0) is 15.5. The van der Waals surface area contributed by atoms with E-state index in [1.54, 1.807) is 31.3 Å². The lowest BCUT2D eigenvalue weighted by Gasteiger charge is -2.20. The summed E-state index contributed by atoms with van der Waals surface area (Å²) in [6, 6.07) is 6.73. The smallest absolute Gasteiger partial charge is 0.321 e. The maximum absolute atomic E-state index is 12.1. The molecule has 0 saturated heterocycles. The van der Waals surface area contributed by atoms with E-state index in [2.05, 4.69) is 12.2 Å². The summed E-state index contributed by atoms with van der Waals surface area (Å²) in [6.45, 7) is 3.19. The SMILES string of the molecule is CCCCCCCNC(=O)N(C)c1ccccc1OC=O. The fourth-order valence-electron chi connectivity index (χ4n) is 2.04. The average molecular weight is 292 g/mol. The molecule has 0 aliphatic rings. The van der Waals surface area contributed by atoms with Crippen molar-refractivity contribution in [3.63, 3.8) is 0 Å². The summed E-state index contributed by atoms with van der Waals surface area (Å²) in [4.78, 5) is 24.0. The second kappa shape index (κ2) is 9.80. The van der Waals surface area contributed by atoms with Crippen LogP contribution < -0.4 is 15.0 Å². The molecule has 116 valence electrons. The lowest BCUT2D eigenvalue weighted by molar-refractivity contribution is -0.120. The number of hydrogen-bond donors (Lipinski definition) is 1. The summed E-state index contributed by atoms with van der Waals surface area (Å²) in [6.07, 6.45) is 5.76. The minimum absolute atomic E-state index is 0.201. The van der Waals surface area contributed by atoms with Crippen molar-refractivity contribution < 1.29 is 14.3 Å². The van der Waals surface area contributed by atoms with Gasteiger partial charge in [-0.1, -0.05) is 44.7 Å². The minimum Gasteiger partial charge on any atom is -0.427 e. The Morgan fingerprint density at radius 1 is 1.24 bits per heavy atom. The van der Waals surface area contributed by atoms with E-state index in [-0.39, 0.29) is 6.03 Å². The highest BCUT2D eigenvalue weighted by molar-refractivity contribution is 5.93. The number of benzene rings is 1. The molecular weight excluding hydrogens is 268 g/mol. The first-order chi connectivity index (χ1) is 10.2. The predicted molar refractivity (Wildman–Crippen MR) is 83.7 cm³/mol. The third-order valence-corrected chi connectivity index (χ3v) is 3.26. The monoisotopic (exact) mass is 292 g/mol. The van der Waals surface area contributed by atoms with E-state index in [1.807, 2.05) is 0 Å². The molecule has 1 rings (SSSR count). The number of unbranched alkanes of at least 4 members (excludes halogenated alkanes) is 4. The van der Waals surface area contributed by atoms with Crippen LogP contribution in [0.5, 0.6) is 5.75 Å². The molecule has 1 aromatic rings. The molecule has 0 spiro atoms. The van der Waals surface area contributed by atoms with Crippen molar-refractivity contribution >= 4 is 18.2 Å². The number of urea groups is 1. The van der Waals surface area contributed by atoms with Crippen LogP contribution in [0.2, 0.25) is 0 Å². The van der Waals surface area contributed by atoms with E-state index in [4.69, 9.17) is 4.74 Å². The van der Waals surface area contributed by atoms with E-state index in [0.29, 0.717) is 24.5 Å². The van der Waals surface area contributed by atoms with Crippen LogP contribution in [0.25, 0.3) is 0 Å². The molecule has 0 aliphatic heterocycles. The molecule has 5 nitrogen and oxygen atoms in total. The van der Waals surface area contributed by atoms with Crippen molar-refractivity contribution in [2.75, 3.05) is 18.5 Å². The molecule has 2 amide bonds. The summed E-state index contributed by atoms with van der Waals surface area (Å²) < 4.78 is 4.88. The van der Waals surface area contributed by atoms with Crippen molar-refractivity contribution in [1.29, 1.82) is 0 Å².